The Balaban J connectivity index is 2.38. The minimum atomic E-state index is -0.223. The Morgan fingerprint density at radius 2 is 2.06 bits per heavy atom. The van der Waals surface area contributed by atoms with E-state index in [0.717, 1.165) is 12.2 Å². The van der Waals surface area contributed by atoms with Gasteiger partial charge in [0.15, 0.2) is 0 Å². The first-order valence-electron chi connectivity index (χ1n) is 5.80. The fraction of sp³-hybridized carbons (Fsp3) is 0.467. The summed E-state index contributed by atoms with van der Waals surface area (Å²) in [6.07, 6.45) is 2.82. The van der Waals surface area contributed by atoms with Crippen molar-refractivity contribution in [3.8, 4) is 5.75 Å². The maximum atomic E-state index is 5.89. The molecule has 1 heterocycles. The Labute approximate surface area is 98.1 Å². The molecular formula is C15H20O. The largest absolute Gasteiger partial charge is 0.483 e. The van der Waals surface area contributed by atoms with Gasteiger partial charge in [-0.2, -0.15) is 0 Å². The summed E-state index contributed by atoms with van der Waals surface area (Å²) >= 11 is 0. The molecule has 86 valence electrons. The topological polar surface area (TPSA) is 9.23 Å². The van der Waals surface area contributed by atoms with E-state index in [9.17, 15) is 0 Å². The quantitative estimate of drug-likeness (QED) is 0.648. The van der Waals surface area contributed by atoms with Crippen LogP contribution in [0.5, 0.6) is 5.75 Å². The van der Waals surface area contributed by atoms with Gasteiger partial charge >= 0.3 is 0 Å². The molecule has 1 unspecified atom stereocenters. The first-order chi connectivity index (χ1) is 7.34. The van der Waals surface area contributed by atoms with Crippen LogP contribution < -0.4 is 4.74 Å². The third-order valence-corrected chi connectivity index (χ3v) is 3.24. The SMILES string of the molecule is C=CC1(C)Cc2cc(C(C)(C)C)ccc2O1. The summed E-state index contributed by atoms with van der Waals surface area (Å²) in [4.78, 5) is 0. The third kappa shape index (κ3) is 1.87. The van der Waals surface area contributed by atoms with Crippen molar-refractivity contribution in [2.75, 3.05) is 0 Å². The van der Waals surface area contributed by atoms with Gasteiger partial charge in [-0.3, -0.25) is 0 Å². The molecule has 1 aromatic rings. The fourth-order valence-electron chi connectivity index (χ4n) is 2.06. The van der Waals surface area contributed by atoms with Crippen molar-refractivity contribution in [3.63, 3.8) is 0 Å². The van der Waals surface area contributed by atoms with Crippen molar-refractivity contribution >= 4 is 0 Å². The predicted molar refractivity (Wildman–Crippen MR) is 68.1 cm³/mol. The van der Waals surface area contributed by atoms with Crippen LogP contribution in [-0.4, -0.2) is 5.60 Å². The van der Waals surface area contributed by atoms with Gasteiger partial charge < -0.3 is 4.74 Å². The highest BCUT2D eigenvalue weighted by molar-refractivity contribution is 5.44. The molecule has 0 aromatic heterocycles. The monoisotopic (exact) mass is 216 g/mol. The van der Waals surface area contributed by atoms with E-state index in [4.69, 9.17) is 4.74 Å². The average molecular weight is 216 g/mol. The van der Waals surface area contributed by atoms with Crippen molar-refractivity contribution in [2.45, 2.75) is 45.1 Å². The highest BCUT2D eigenvalue weighted by Crippen LogP contribution is 2.38. The fourth-order valence-corrected chi connectivity index (χ4v) is 2.06. The summed E-state index contributed by atoms with van der Waals surface area (Å²) in [5.74, 6) is 1.01. The van der Waals surface area contributed by atoms with E-state index in [1.54, 1.807) is 0 Å². The first-order valence-corrected chi connectivity index (χ1v) is 5.80. The van der Waals surface area contributed by atoms with E-state index in [2.05, 4.69) is 52.5 Å². The summed E-state index contributed by atoms with van der Waals surface area (Å²) in [5.41, 5.74) is 2.64. The molecule has 1 aromatic carbocycles. The second-order valence-electron chi connectivity index (χ2n) is 5.87. The van der Waals surface area contributed by atoms with Crippen LogP contribution in [0.4, 0.5) is 0 Å². The summed E-state index contributed by atoms with van der Waals surface area (Å²) in [6.45, 7) is 12.6. The molecule has 0 bridgehead atoms. The van der Waals surface area contributed by atoms with E-state index in [-0.39, 0.29) is 11.0 Å². The zero-order valence-corrected chi connectivity index (χ0v) is 10.6. The molecule has 16 heavy (non-hydrogen) atoms. The Hall–Kier alpha value is -1.24. The average Bonchev–Trinajstić information content (AvgIpc) is 2.52. The molecule has 1 aliphatic rings. The number of ether oxygens (including phenoxy) is 1. The summed E-state index contributed by atoms with van der Waals surface area (Å²) < 4.78 is 5.89. The van der Waals surface area contributed by atoms with Gasteiger partial charge in [-0.05, 0) is 35.6 Å². The molecule has 1 atom stereocenters. The van der Waals surface area contributed by atoms with E-state index < -0.39 is 0 Å². The summed E-state index contributed by atoms with van der Waals surface area (Å²) in [5, 5.41) is 0. The summed E-state index contributed by atoms with van der Waals surface area (Å²) in [6, 6.07) is 6.52. The lowest BCUT2D eigenvalue weighted by atomic mass is 9.85. The van der Waals surface area contributed by atoms with Crippen molar-refractivity contribution < 1.29 is 4.74 Å². The maximum absolute atomic E-state index is 5.89. The van der Waals surface area contributed by atoms with Crippen LogP contribution in [-0.2, 0) is 11.8 Å². The van der Waals surface area contributed by atoms with E-state index >= 15 is 0 Å². The van der Waals surface area contributed by atoms with Gasteiger partial charge in [0.25, 0.3) is 0 Å². The van der Waals surface area contributed by atoms with Gasteiger partial charge in [0.1, 0.15) is 11.4 Å². The van der Waals surface area contributed by atoms with Crippen molar-refractivity contribution in [2.24, 2.45) is 0 Å². The van der Waals surface area contributed by atoms with Gasteiger partial charge in [-0.1, -0.05) is 39.5 Å². The standard InChI is InChI=1S/C15H20O/c1-6-15(5)10-11-9-12(14(2,3)4)7-8-13(11)16-15/h6-9H,1,10H2,2-5H3. The lowest BCUT2D eigenvalue weighted by Gasteiger charge is -2.19. The Morgan fingerprint density at radius 1 is 1.38 bits per heavy atom. The van der Waals surface area contributed by atoms with Gasteiger partial charge in [0.05, 0.1) is 0 Å². The maximum Gasteiger partial charge on any atom is 0.128 e. The molecule has 1 heteroatoms. The first kappa shape index (κ1) is 11.3. The Morgan fingerprint density at radius 3 is 2.62 bits per heavy atom. The van der Waals surface area contributed by atoms with Gasteiger partial charge in [-0.25, -0.2) is 0 Å². The molecule has 0 saturated carbocycles. The minimum absolute atomic E-state index is 0.197. The normalized spacial score (nSPS) is 23.8. The molecule has 1 nitrogen and oxygen atoms in total. The number of fused-ring (bicyclic) bond motifs is 1. The number of hydrogen-bond donors (Lipinski definition) is 0. The van der Waals surface area contributed by atoms with Gasteiger partial charge in [0, 0.05) is 6.42 Å². The van der Waals surface area contributed by atoms with Crippen LogP contribution in [0.2, 0.25) is 0 Å². The molecular weight excluding hydrogens is 196 g/mol. The van der Waals surface area contributed by atoms with Crippen molar-refractivity contribution in [1.29, 1.82) is 0 Å². The van der Waals surface area contributed by atoms with Gasteiger partial charge in [0.2, 0.25) is 0 Å². The van der Waals surface area contributed by atoms with Crippen LogP contribution in [0.15, 0.2) is 30.9 Å². The molecule has 0 amide bonds. The summed E-state index contributed by atoms with van der Waals surface area (Å²) in [7, 11) is 0. The molecule has 2 rings (SSSR count). The second-order valence-corrected chi connectivity index (χ2v) is 5.87. The minimum Gasteiger partial charge on any atom is -0.483 e. The van der Waals surface area contributed by atoms with Crippen LogP contribution >= 0.6 is 0 Å². The lowest BCUT2D eigenvalue weighted by Crippen LogP contribution is -2.26. The highest BCUT2D eigenvalue weighted by Gasteiger charge is 2.32. The van der Waals surface area contributed by atoms with Gasteiger partial charge in [-0.15, -0.1) is 0 Å². The van der Waals surface area contributed by atoms with E-state index in [0.29, 0.717) is 0 Å². The predicted octanol–water partition coefficient (Wildman–Crippen LogP) is 3.86. The van der Waals surface area contributed by atoms with Crippen molar-refractivity contribution in [1.82, 2.24) is 0 Å². The second kappa shape index (κ2) is 3.38. The van der Waals surface area contributed by atoms with Crippen LogP contribution in [0.25, 0.3) is 0 Å². The number of rotatable bonds is 1. The molecule has 0 spiro atoms. The lowest BCUT2D eigenvalue weighted by molar-refractivity contribution is 0.171. The smallest absolute Gasteiger partial charge is 0.128 e. The van der Waals surface area contributed by atoms with E-state index in [1.165, 1.54) is 11.1 Å². The molecule has 1 aliphatic heterocycles. The third-order valence-electron chi connectivity index (χ3n) is 3.24. The Bertz CT molecular complexity index is 426. The number of benzene rings is 1. The van der Waals surface area contributed by atoms with E-state index in [1.807, 2.05) is 6.08 Å². The highest BCUT2D eigenvalue weighted by atomic mass is 16.5. The van der Waals surface area contributed by atoms with Crippen LogP contribution in [0.1, 0.15) is 38.8 Å². The number of hydrogen-bond acceptors (Lipinski definition) is 1. The van der Waals surface area contributed by atoms with Crippen molar-refractivity contribution in [3.05, 3.63) is 42.0 Å². The molecule has 0 saturated heterocycles. The zero-order valence-electron chi connectivity index (χ0n) is 10.6. The molecule has 0 radical (unpaired) electrons. The Kier molecular flexibility index (Phi) is 2.37. The molecule has 0 fully saturated rings. The molecule has 0 aliphatic carbocycles. The van der Waals surface area contributed by atoms with Crippen LogP contribution in [0.3, 0.4) is 0 Å². The zero-order chi connectivity index (χ0) is 12.0. The molecule has 0 N–H and O–H groups in total. The van der Waals surface area contributed by atoms with Crippen LogP contribution in [0, 0.1) is 0 Å².